The normalized spacial score (nSPS) is 9.12. The number of imidazole rings is 1. The smallest absolute Gasteiger partial charge is 0.219 e. The molecular formula is C5H6N2O. The Labute approximate surface area is 47.0 Å². The first kappa shape index (κ1) is 5.03. The molecule has 0 fully saturated rings. The molecule has 0 aliphatic heterocycles. The number of hydrogen-bond donors (Lipinski definition) is 0. The van der Waals surface area contributed by atoms with Crippen molar-refractivity contribution in [1.82, 2.24) is 9.55 Å². The van der Waals surface area contributed by atoms with Crippen LogP contribution in [-0.2, 0) is 4.79 Å². The molecule has 0 N–H and O–H groups in total. The van der Waals surface area contributed by atoms with Gasteiger partial charge in [0.15, 0.2) is 0 Å². The van der Waals surface area contributed by atoms with Crippen LogP contribution in [-0.4, -0.2) is 16.0 Å². The van der Waals surface area contributed by atoms with E-state index in [0.29, 0.717) is 0 Å². The van der Waals surface area contributed by atoms with E-state index in [0.717, 1.165) is 12.1 Å². The third-order valence-electron chi connectivity index (χ3n) is 0.973. The van der Waals surface area contributed by atoms with Crippen LogP contribution in [0, 0.1) is 6.92 Å². The first-order valence-electron chi connectivity index (χ1n) is 2.28. The second-order valence-electron chi connectivity index (χ2n) is 1.55. The number of nitrogens with zero attached hydrogens (tertiary/aromatic N) is 2. The molecule has 0 spiro atoms. The summed E-state index contributed by atoms with van der Waals surface area (Å²) in [5.41, 5.74) is 0.861. The first-order chi connectivity index (χ1) is 3.84. The van der Waals surface area contributed by atoms with Gasteiger partial charge in [-0.2, -0.15) is 0 Å². The Morgan fingerprint density at radius 2 is 2.62 bits per heavy atom. The number of hydrogen-bond acceptors (Lipinski definition) is 2. The summed E-state index contributed by atoms with van der Waals surface area (Å²) in [6, 6.07) is 0. The fraction of sp³-hybridized carbons (Fsp3) is 0.200. The van der Waals surface area contributed by atoms with Crippen molar-refractivity contribution in [3.8, 4) is 0 Å². The Balaban J connectivity index is 3.09. The molecule has 0 saturated heterocycles. The Kier molecular flexibility index (Phi) is 1.12. The second kappa shape index (κ2) is 1.78. The summed E-state index contributed by atoms with van der Waals surface area (Å²) in [6.07, 6.45) is 3.83. The molecule has 3 nitrogen and oxygen atoms in total. The minimum atomic E-state index is 0.725. The molecule has 8 heavy (non-hydrogen) atoms. The third-order valence-corrected chi connectivity index (χ3v) is 0.973. The Morgan fingerprint density at radius 1 is 1.88 bits per heavy atom. The molecular weight excluding hydrogens is 104 g/mol. The van der Waals surface area contributed by atoms with Crippen molar-refractivity contribution >= 4 is 6.41 Å². The standard InChI is InChI=1S/C5H6N2O/c1-5-2-6-3-7(5)4-8/h2-4H,1H3. The largest absolute Gasteiger partial charge is 0.278 e. The third kappa shape index (κ3) is 0.621. The van der Waals surface area contributed by atoms with Crippen LogP contribution in [0.5, 0.6) is 0 Å². The molecule has 0 amide bonds. The number of aryl methyl sites for hydroxylation is 1. The maximum Gasteiger partial charge on any atom is 0.219 e. The molecule has 0 aromatic carbocycles. The van der Waals surface area contributed by atoms with Crippen LogP contribution >= 0.6 is 0 Å². The Hall–Kier alpha value is -1.12. The lowest BCUT2D eigenvalue weighted by Gasteiger charge is -1.85. The fourth-order valence-electron chi connectivity index (χ4n) is 0.481. The molecule has 0 bridgehead atoms. The summed E-state index contributed by atoms with van der Waals surface area (Å²) in [5, 5.41) is 0. The molecule has 0 saturated carbocycles. The molecule has 0 unspecified atom stereocenters. The fourth-order valence-corrected chi connectivity index (χ4v) is 0.481. The quantitative estimate of drug-likeness (QED) is 0.485. The highest BCUT2D eigenvalue weighted by atomic mass is 16.1. The molecule has 0 atom stereocenters. The average Bonchev–Trinajstić information content (AvgIpc) is 2.14. The van der Waals surface area contributed by atoms with E-state index in [-0.39, 0.29) is 0 Å². The van der Waals surface area contributed by atoms with E-state index in [2.05, 4.69) is 4.98 Å². The zero-order chi connectivity index (χ0) is 5.98. The summed E-state index contributed by atoms with van der Waals surface area (Å²) in [5.74, 6) is 0. The second-order valence-corrected chi connectivity index (χ2v) is 1.55. The summed E-state index contributed by atoms with van der Waals surface area (Å²) in [4.78, 5) is 13.7. The molecule has 0 aliphatic rings. The van der Waals surface area contributed by atoms with Gasteiger partial charge in [-0.1, -0.05) is 0 Å². The lowest BCUT2D eigenvalue weighted by molar-refractivity contribution is 0.546. The zero-order valence-electron chi connectivity index (χ0n) is 4.53. The molecule has 1 rings (SSSR count). The van der Waals surface area contributed by atoms with Gasteiger partial charge in [-0.25, -0.2) is 4.98 Å². The number of aromatic nitrogens is 2. The van der Waals surface area contributed by atoms with E-state index in [9.17, 15) is 4.79 Å². The monoisotopic (exact) mass is 110 g/mol. The lowest BCUT2D eigenvalue weighted by atomic mass is 10.5. The van der Waals surface area contributed by atoms with Gasteiger partial charge in [-0.15, -0.1) is 0 Å². The van der Waals surface area contributed by atoms with Gasteiger partial charge in [0, 0.05) is 11.9 Å². The van der Waals surface area contributed by atoms with Crippen LogP contribution in [0.25, 0.3) is 0 Å². The zero-order valence-corrected chi connectivity index (χ0v) is 4.53. The lowest BCUT2D eigenvalue weighted by Crippen LogP contribution is -1.92. The van der Waals surface area contributed by atoms with Crippen LogP contribution < -0.4 is 0 Å². The topological polar surface area (TPSA) is 34.9 Å². The van der Waals surface area contributed by atoms with E-state index in [1.165, 1.54) is 10.9 Å². The highest BCUT2D eigenvalue weighted by Crippen LogP contribution is 1.89. The Bertz CT molecular complexity index is 192. The van der Waals surface area contributed by atoms with Gasteiger partial charge in [0.2, 0.25) is 6.41 Å². The van der Waals surface area contributed by atoms with Crippen LogP contribution in [0.3, 0.4) is 0 Å². The van der Waals surface area contributed by atoms with Crippen molar-refractivity contribution < 1.29 is 4.79 Å². The first-order valence-corrected chi connectivity index (χ1v) is 2.28. The molecule has 0 aliphatic carbocycles. The van der Waals surface area contributed by atoms with Crippen molar-refractivity contribution in [2.75, 3.05) is 0 Å². The van der Waals surface area contributed by atoms with Crippen LogP contribution in [0.2, 0.25) is 0 Å². The number of rotatable bonds is 1. The predicted molar refractivity (Wildman–Crippen MR) is 29.1 cm³/mol. The summed E-state index contributed by atoms with van der Waals surface area (Å²) >= 11 is 0. The van der Waals surface area contributed by atoms with Crippen molar-refractivity contribution in [3.05, 3.63) is 18.2 Å². The Morgan fingerprint density at radius 3 is 2.88 bits per heavy atom. The summed E-state index contributed by atoms with van der Waals surface area (Å²) < 4.78 is 1.42. The highest BCUT2D eigenvalue weighted by Gasteiger charge is 1.88. The van der Waals surface area contributed by atoms with Gasteiger partial charge in [0.05, 0.1) is 0 Å². The van der Waals surface area contributed by atoms with Crippen LogP contribution in [0.15, 0.2) is 12.5 Å². The maximum atomic E-state index is 10.0. The van der Waals surface area contributed by atoms with E-state index >= 15 is 0 Å². The molecule has 1 aromatic rings. The van der Waals surface area contributed by atoms with E-state index in [4.69, 9.17) is 0 Å². The van der Waals surface area contributed by atoms with E-state index < -0.39 is 0 Å². The van der Waals surface area contributed by atoms with Gasteiger partial charge in [0.25, 0.3) is 0 Å². The van der Waals surface area contributed by atoms with Gasteiger partial charge in [-0.3, -0.25) is 9.36 Å². The van der Waals surface area contributed by atoms with Gasteiger partial charge in [-0.05, 0) is 6.92 Å². The molecule has 1 aromatic heterocycles. The molecule has 0 radical (unpaired) electrons. The highest BCUT2D eigenvalue weighted by molar-refractivity contribution is 5.52. The molecule has 1 heterocycles. The van der Waals surface area contributed by atoms with Gasteiger partial charge in [0.1, 0.15) is 6.33 Å². The summed E-state index contributed by atoms with van der Waals surface area (Å²) in [7, 11) is 0. The molecule has 3 heteroatoms. The van der Waals surface area contributed by atoms with E-state index in [1.807, 2.05) is 6.92 Å². The average molecular weight is 110 g/mol. The van der Waals surface area contributed by atoms with Crippen molar-refractivity contribution in [3.63, 3.8) is 0 Å². The van der Waals surface area contributed by atoms with Gasteiger partial charge < -0.3 is 0 Å². The molecule has 42 valence electrons. The van der Waals surface area contributed by atoms with Crippen molar-refractivity contribution in [2.24, 2.45) is 0 Å². The maximum absolute atomic E-state index is 10.0. The number of carbonyl (C=O) groups excluding carboxylic acids is 1. The van der Waals surface area contributed by atoms with Crippen molar-refractivity contribution in [1.29, 1.82) is 0 Å². The van der Waals surface area contributed by atoms with Gasteiger partial charge >= 0.3 is 0 Å². The minimum Gasteiger partial charge on any atom is -0.278 e. The van der Waals surface area contributed by atoms with Crippen molar-refractivity contribution in [2.45, 2.75) is 6.92 Å². The van der Waals surface area contributed by atoms with E-state index in [1.54, 1.807) is 6.20 Å². The number of carbonyl (C=O) groups is 1. The van der Waals surface area contributed by atoms with Crippen LogP contribution in [0.4, 0.5) is 0 Å². The summed E-state index contributed by atoms with van der Waals surface area (Å²) in [6.45, 7) is 1.82. The minimum absolute atomic E-state index is 0.725. The van der Waals surface area contributed by atoms with Crippen LogP contribution in [0.1, 0.15) is 5.69 Å². The SMILES string of the molecule is Cc1cncn1C=O. The predicted octanol–water partition coefficient (Wildman–Crippen LogP) is 0.230.